The van der Waals surface area contributed by atoms with Crippen molar-refractivity contribution in [2.45, 2.75) is 32.2 Å². The maximum Gasteiger partial charge on any atom is 0.225 e. The van der Waals surface area contributed by atoms with E-state index in [9.17, 15) is 9.90 Å². The van der Waals surface area contributed by atoms with E-state index in [4.69, 9.17) is 4.74 Å². The second kappa shape index (κ2) is 5.71. The molecule has 0 fully saturated rings. The summed E-state index contributed by atoms with van der Waals surface area (Å²) < 4.78 is 7.27. The van der Waals surface area contributed by atoms with Gasteiger partial charge >= 0.3 is 0 Å². The van der Waals surface area contributed by atoms with E-state index in [1.54, 1.807) is 12.3 Å². The molecule has 0 saturated carbocycles. The van der Waals surface area contributed by atoms with E-state index in [-0.39, 0.29) is 17.6 Å². The van der Waals surface area contributed by atoms with Gasteiger partial charge in [-0.3, -0.25) is 4.79 Å². The van der Waals surface area contributed by atoms with Crippen LogP contribution in [0.25, 0.3) is 0 Å². The van der Waals surface area contributed by atoms with Crippen molar-refractivity contribution in [1.82, 2.24) is 9.55 Å². The summed E-state index contributed by atoms with van der Waals surface area (Å²) in [6.45, 7) is 2.96. The second-order valence-corrected chi connectivity index (χ2v) is 5.40. The fraction of sp³-hybridized carbons (Fsp3) is 0.375. The fourth-order valence-corrected chi connectivity index (χ4v) is 2.93. The molecule has 1 aromatic heterocycles. The number of imidazole rings is 1. The maximum absolute atomic E-state index is 12.0. The van der Waals surface area contributed by atoms with Crippen molar-refractivity contribution in [2.75, 3.05) is 12.4 Å². The zero-order valence-electron chi connectivity index (χ0n) is 12.7. The molecule has 6 heteroatoms. The van der Waals surface area contributed by atoms with Crippen LogP contribution in [0.2, 0.25) is 0 Å². The topological polar surface area (TPSA) is 76.4 Å². The predicted molar refractivity (Wildman–Crippen MR) is 82.3 cm³/mol. The molecule has 1 amide bonds. The number of aryl methyl sites for hydroxylation is 1. The van der Waals surface area contributed by atoms with Gasteiger partial charge < -0.3 is 19.7 Å². The number of ether oxygens (including phenoxy) is 1. The number of benzene rings is 1. The molecule has 1 aliphatic heterocycles. The first-order valence-corrected chi connectivity index (χ1v) is 7.35. The largest absolute Gasteiger partial charge is 0.504 e. The first-order chi connectivity index (χ1) is 10.6. The van der Waals surface area contributed by atoms with Crippen LogP contribution in [0.4, 0.5) is 5.69 Å². The molecular weight excluding hydrogens is 282 g/mol. The van der Waals surface area contributed by atoms with Crippen molar-refractivity contribution >= 4 is 11.6 Å². The summed E-state index contributed by atoms with van der Waals surface area (Å²) in [5.74, 6) is 1.06. The molecule has 0 spiro atoms. The molecule has 1 atom stereocenters. The highest BCUT2D eigenvalue weighted by Gasteiger charge is 2.30. The summed E-state index contributed by atoms with van der Waals surface area (Å²) in [6.07, 6.45) is 5.02. The number of phenols is 1. The Morgan fingerprint density at radius 1 is 1.50 bits per heavy atom. The minimum Gasteiger partial charge on any atom is -0.504 e. The van der Waals surface area contributed by atoms with E-state index < -0.39 is 0 Å². The Balaban J connectivity index is 2.10. The molecule has 22 heavy (non-hydrogen) atoms. The Labute approximate surface area is 128 Å². The Bertz CT molecular complexity index is 709. The lowest BCUT2D eigenvalue weighted by molar-refractivity contribution is -0.116. The van der Waals surface area contributed by atoms with E-state index in [0.717, 1.165) is 24.4 Å². The van der Waals surface area contributed by atoms with Crippen LogP contribution in [-0.4, -0.2) is 27.7 Å². The number of methoxy groups -OCH3 is 1. The van der Waals surface area contributed by atoms with Crippen LogP contribution in [0.1, 0.15) is 37.1 Å². The molecule has 2 N–H and O–H groups in total. The molecule has 0 bridgehead atoms. The molecule has 0 aliphatic carbocycles. The highest BCUT2D eigenvalue weighted by molar-refractivity contribution is 5.95. The number of aromatic nitrogens is 2. The standard InChI is InChI=1S/C16H19N3O3/c1-3-5-19-6-4-17-16(19)11-8-15(21)18-12-9-13(20)14(22-2)7-10(11)12/h4,6-7,9,11,20H,3,5,8H2,1-2H3,(H,18,21). The van der Waals surface area contributed by atoms with Crippen LogP contribution in [0, 0.1) is 0 Å². The number of hydrogen-bond donors (Lipinski definition) is 2. The Hall–Kier alpha value is -2.50. The number of anilines is 1. The maximum atomic E-state index is 12.0. The van der Waals surface area contributed by atoms with Crippen molar-refractivity contribution in [3.63, 3.8) is 0 Å². The molecule has 1 aliphatic rings. The van der Waals surface area contributed by atoms with Crippen LogP contribution in [0.3, 0.4) is 0 Å². The van der Waals surface area contributed by atoms with Crippen molar-refractivity contribution < 1.29 is 14.6 Å². The van der Waals surface area contributed by atoms with Gasteiger partial charge in [0.25, 0.3) is 0 Å². The fourth-order valence-electron chi connectivity index (χ4n) is 2.93. The van der Waals surface area contributed by atoms with Crippen LogP contribution >= 0.6 is 0 Å². The van der Waals surface area contributed by atoms with Crippen molar-refractivity contribution in [1.29, 1.82) is 0 Å². The monoisotopic (exact) mass is 301 g/mol. The lowest BCUT2D eigenvalue weighted by atomic mass is 9.89. The first-order valence-electron chi connectivity index (χ1n) is 7.35. The molecular formula is C16H19N3O3. The Morgan fingerprint density at radius 2 is 2.32 bits per heavy atom. The molecule has 0 radical (unpaired) electrons. The number of hydrogen-bond acceptors (Lipinski definition) is 4. The lowest BCUT2D eigenvalue weighted by Crippen LogP contribution is -2.25. The van der Waals surface area contributed by atoms with Crippen LogP contribution in [0.15, 0.2) is 24.5 Å². The first kappa shape index (κ1) is 14.4. The highest BCUT2D eigenvalue weighted by atomic mass is 16.5. The summed E-state index contributed by atoms with van der Waals surface area (Å²) >= 11 is 0. The minimum atomic E-state index is -0.139. The number of rotatable bonds is 4. The number of amides is 1. The minimum absolute atomic E-state index is 0.0131. The number of fused-ring (bicyclic) bond motifs is 1. The van der Waals surface area contributed by atoms with Gasteiger partial charge in [0.2, 0.25) is 5.91 Å². The van der Waals surface area contributed by atoms with Gasteiger partial charge in [0.05, 0.1) is 13.0 Å². The summed E-state index contributed by atoms with van der Waals surface area (Å²) in [4.78, 5) is 16.5. The number of phenolic OH excluding ortho intramolecular Hbond substituents is 1. The van der Waals surface area contributed by atoms with Gasteiger partial charge in [-0.25, -0.2) is 4.98 Å². The average Bonchev–Trinajstić information content (AvgIpc) is 2.94. The van der Waals surface area contributed by atoms with Crippen LogP contribution in [0.5, 0.6) is 11.5 Å². The van der Waals surface area contributed by atoms with Gasteiger partial charge in [0.15, 0.2) is 11.5 Å². The normalized spacial score (nSPS) is 17.0. The van der Waals surface area contributed by atoms with Crippen molar-refractivity contribution in [2.24, 2.45) is 0 Å². The number of carbonyl (C=O) groups excluding carboxylic acids is 1. The summed E-state index contributed by atoms with van der Waals surface area (Å²) in [5.41, 5.74) is 1.53. The van der Waals surface area contributed by atoms with Crippen molar-refractivity contribution in [3.05, 3.63) is 35.9 Å². The van der Waals surface area contributed by atoms with Gasteiger partial charge in [-0.2, -0.15) is 0 Å². The SMILES string of the molecule is CCCn1ccnc1C1CC(=O)Nc2cc(O)c(OC)cc21. The van der Waals surface area contributed by atoms with E-state index in [1.807, 2.05) is 6.20 Å². The smallest absolute Gasteiger partial charge is 0.225 e. The van der Waals surface area contributed by atoms with Gasteiger partial charge in [-0.15, -0.1) is 0 Å². The van der Waals surface area contributed by atoms with Crippen LogP contribution in [-0.2, 0) is 11.3 Å². The molecule has 6 nitrogen and oxygen atoms in total. The van der Waals surface area contributed by atoms with E-state index >= 15 is 0 Å². The van der Waals surface area contributed by atoms with E-state index in [2.05, 4.69) is 21.8 Å². The highest BCUT2D eigenvalue weighted by Crippen LogP contribution is 2.42. The molecule has 3 rings (SSSR count). The number of carbonyl (C=O) groups is 1. The van der Waals surface area contributed by atoms with Crippen molar-refractivity contribution in [3.8, 4) is 11.5 Å². The molecule has 116 valence electrons. The molecule has 1 unspecified atom stereocenters. The van der Waals surface area contributed by atoms with Gasteiger partial charge in [-0.1, -0.05) is 6.92 Å². The third-order valence-electron chi connectivity index (χ3n) is 3.91. The Morgan fingerprint density at radius 3 is 3.05 bits per heavy atom. The van der Waals surface area contributed by atoms with Gasteiger partial charge in [0, 0.05) is 37.1 Å². The number of nitrogens with zero attached hydrogens (tertiary/aromatic N) is 2. The molecule has 1 aromatic carbocycles. The third-order valence-corrected chi connectivity index (χ3v) is 3.91. The molecule has 2 heterocycles. The Kier molecular flexibility index (Phi) is 3.75. The number of aromatic hydroxyl groups is 1. The summed E-state index contributed by atoms with van der Waals surface area (Å²) in [7, 11) is 1.51. The van der Waals surface area contributed by atoms with E-state index in [0.29, 0.717) is 17.9 Å². The summed E-state index contributed by atoms with van der Waals surface area (Å²) in [5, 5.41) is 12.7. The second-order valence-electron chi connectivity index (χ2n) is 5.40. The predicted octanol–water partition coefficient (Wildman–Crippen LogP) is 2.48. The zero-order valence-corrected chi connectivity index (χ0v) is 12.7. The molecule has 0 saturated heterocycles. The summed E-state index contributed by atoms with van der Waals surface area (Å²) in [6, 6.07) is 3.31. The quantitative estimate of drug-likeness (QED) is 0.909. The van der Waals surface area contributed by atoms with E-state index in [1.165, 1.54) is 13.2 Å². The lowest BCUT2D eigenvalue weighted by Gasteiger charge is -2.26. The average molecular weight is 301 g/mol. The van der Waals surface area contributed by atoms with Gasteiger partial charge in [0.1, 0.15) is 5.82 Å². The number of nitrogens with one attached hydrogen (secondary N) is 1. The van der Waals surface area contributed by atoms with Crippen LogP contribution < -0.4 is 10.1 Å². The zero-order chi connectivity index (χ0) is 15.7. The van der Waals surface area contributed by atoms with Gasteiger partial charge in [-0.05, 0) is 18.1 Å². The third kappa shape index (κ3) is 2.41. The molecule has 2 aromatic rings.